The summed E-state index contributed by atoms with van der Waals surface area (Å²) in [6, 6.07) is 8.55. The molecule has 1 aromatic heterocycles. The summed E-state index contributed by atoms with van der Waals surface area (Å²) in [5, 5.41) is 9.15. The van der Waals surface area contributed by atoms with Gasteiger partial charge >= 0.3 is 0 Å². The van der Waals surface area contributed by atoms with Crippen LogP contribution in [0.15, 0.2) is 30.6 Å². The number of ether oxygens (including phenoxy) is 2. The molecule has 1 aliphatic heterocycles. The second-order valence-corrected chi connectivity index (χ2v) is 6.48. The first kappa shape index (κ1) is 15.7. The van der Waals surface area contributed by atoms with Gasteiger partial charge in [-0.05, 0) is 30.5 Å². The Kier molecular flexibility index (Phi) is 4.38. The molecule has 0 amide bonds. The molecule has 0 saturated heterocycles. The molecule has 1 saturated carbocycles. The third-order valence-corrected chi connectivity index (χ3v) is 4.84. The fraction of sp³-hybridized carbons (Fsp3) is 0.421. The smallest absolute Gasteiger partial charge is 0.231 e. The van der Waals surface area contributed by atoms with Crippen molar-refractivity contribution >= 4 is 5.82 Å². The molecule has 0 N–H and O–H groups in total. The highest BCUT2D eigenvalue weighted by molar-refractivity contribution is 5.47. The number of hydrogen-bond acceptors (Lipinski definition) is 6. The molecule has 128 valence electrons. The van der Waals surface area contributed by atoms with Gasteiger partial charge in [-0.2, -0.15) is 5.26 Å². The number of hydrogen-bond donors (Lipinski definition) is 0. The molecule has 2 aromatic rings. The van der Waals surface area contributed by atoms with Gasteiger partial charge in [0.25, 0.3) is 0 Å². The van der Waals surface area contributed by atoms with Crippen LogP contribution in [0.25, 0.3) is 0 Å². The van der Waals surface area contributed by atoms with Crippen molar-refractivity contribution in [3.63, 3.8) is 0 Å². The van der Waals surface area contributed by atoms with E-state index in [1.54, 1.807) is 6.20 Å². The number of nitrogens with zero attached hydrogens (tertiary/aromatic N) is 4. The monoisotopic (exact) mass is 336 g/mol. The Bertz CT molecular complexity index is 796. The van der Waals surface area contributed by atoms with Crippen LogP contribution >= 0.6 is 0 Å². The van der Waals surface area contributed by atoms with Crippen LogP contribution < -0.4 is 14.4 Å². The lowest BCUT2D eigenvalue weighted by Crippen LogP contribution is -2.37. The van der Waals surface area contributed by atoms with Crippen molar-refractivity contribution in [3.05, 3.63) is 41.9 Å². The van der Waals surface area contributed by atoms with Crippen molar-refractivity contribution in [1.29, 1.82) is 5.26 Å². The minimum Gasteiger partial charge on any atom is -0.454 e. The van der Waals surface area contributed by atoms with Gasteiger partial charge in [0.2, 0.25) is 6.79 Å². The molecule has 1 aromatic carbocycles. The predicted molar refractivity (Wildman–Crippen MR) is 92.4 cm³/mol. The van der Waals surface area contributed by atoms with E-state index in [-0.39, 0.29) is 6.79 Å². The third kappa shape index (κ3) is 3.36. The number of fused-ring (bicyclic) bond motifs is 1. The topological polar surface area (TPSA) is 71.3 Å². The Hall–Kier alpha value is -2.81. The summed E-state index contributed by atoms with van der Waals surface area (Å²) < 4.78 is 10.9. The van der Waals surface area contributed by atoms with Gasteiger partial charge in [-0.25, -0.2) is 4.98 Å². The first-order valence-corrected chi connectivity index (χ1v) is 8.71. The summed E-state index contributed by atoms with van der Waals surface area (Å²) in [7, 11) is 0. The van der Waals surface area contributed by atoms with Crippen molar-refractivity contribution in [2.75, 3.05) is 11.7 Å². The van der Waals surface area contributed by atoms with E-state index in [4.69, 9.17) is 14.7 Å². The first-order chi connectivity index (χ1) is 12.3. The van der Waals surface area contributed by atoms with Crippen molar-refractivity contribution < 1.29 is 9.47 Å². The molecular weight excluding hydrogens is 316 g/mol. The number of anilines is 1. The zero-order valence-corrected chi connectivity index (χ0v) is 14.0. The van der Waals surface area contributed by atoms with Crippen LogP contribution in [-0.4, -0.2) is 22.8 Å². The summed E-state index contributed by atoms with van der Waals surface area (Å²) in [4.78, 5) is 11.0. The molecule has 6 heteroatoms. The van der Waals surface area contributed by atoms with Crippen LogP contribution in [0.5, 0.6) is 11.5 Å². The van der Waals surface area contributed by atoms with Gasteiger partial charge in [-0.1, -0.05) is 25.3 Å². The summed E-state index contributed by atoms with van der Waals surface area (Å²) in [5.74, 6) is 2.35. The maximum atomic E-state index is 9.15. The van der Waals surface area contributed by atoms with Gasteiger partial charge in [-0.15, -0.1) is 0 Å². The molecule has 0 unspecified atom stereocenters. The number of benzene rings is 1. The molecule has 4 rings (SSSR count). The highest BCUT2D eigenvalue weighted by Crippen LogP contribution is 2.34. The van der Waals surface area contributed by atoms with Crippen molar-refractivity contribution in [3.8, 4) is 17.6 Å². The van der Waals surface area contributed by atoms with E-state index in [1.165, 1.54) is 25.5 Å². The fourth-order valence-electron chi connectivity index (χ4n) is 3.57. The molecule has 0 bridgehead atoms. The highest BCUT2D eigenvalue weighted by atomic mass is 16.7. The summed E-state index contributed by atoms with van der Waals surface area (Å²) in [5.41, 5.74) is 1.49. The van der Waals surface area contributed by atoms with Gasteiger partial charge in [-0.3, -0.25) is 4.98 Å². The van der Waals surface area contributed by atoms with Crippen LogP contribution in [0.2, 0.25) is 0 Å². The standard InChI is InChI=1S/C19H20N4O2/c20-9-15-10-21-11-19(22-15)23(16-4-2-1-3-5-16)12-14-6-7-17-18(8-14)25-13-24-17/h6-8,10-11,16H,1-5,12-13H2. The highest BCUT2D eigenvalue weighted by Gasteiger charge is 2.24. The van der Waals surface area contributed by atoms with Crippen molar-refractivity contribution in [2.24, 2.45) is 0 Å². The molecule has 0 radical (unpaired) electrons. The normalized spacial score (nSPS) is 16.4. The summed E-state index contributed by atoms with van der Waals surface area (Å²) >= 11 is 0. The Balaban J connectivity index is 1.63. The Morgan fingerprint density at radius 2 is 1.96 bits per heavy atom. The van der Waals surface area contributed by atoms with E-state index in [2.05, 4.69) is 27.0 Å². The zero-order valence-electron chi connectivity index (χ0n) is 14.0. The van der Waals surface area contributed by atoms with Crippen molar-refractivity contribution in [1.82, 2.24) is 9.97 Å². The Morgan fingerprint density at radius 1 is 1.12 bits per heavy atom. The Labute approximate surface area is 147 Å². The molecule has 25 heavy (non-hydrogen) atoms. The second-order valence-electron chi connectivity index (χ2n) is 6.48. The largest absolute Gasteiger partial charge is 0.454 e. The van der Waals surface area contributed by atoms with Gasteiger partial charge in [0.05, 0.1) is 12.4 Å². The average molecular weight is 336 g/mol. The predicted octanol–water partition coefficient (Wildman–Crippen LogP) is 3.42. The van der Waals surface area contributed by atoms with E-state index >= 15 is 0 Å². The van der Waals surface area contributed by atoms with Gasteiger partial charge in [0.15, 0.2) is 17.2 Å². The summed E-state index contributed by atoms with van der Waals surface area (Å²) in [6.07, 6.45) is 9.29. The maximum absolute atomic E-state index is 9.15. The SMILES string of the molecule is N#Cc1cncc(N(Cc2ccc3c(c2)OCO3)C2CCCCC2)n1. The molecule has 0 atom stereocenters. The average Bonchev–Trinajstić information content (AvgIpc) is 3.14. The van der Waals surface area contributed by atoms with Crippen LogP contribution in [0.4, 0.5) is 5.82 Å². The molecule has 0 spiro atoms. The second kappa shape index (κ2) is 6.98. The van der Waals surface area contributed by atoms with Crippen LogP contribution in [0.3, 0.4) is 0 Å². The number of rotatable bonds is 4. The minimum absolute atomic E-state index is 0.279. The van der Waals surface area contributed by atoms with Gasteiger partial charge in [0.1, 0.15) is 11.9 Å². The molecule has 1 aliphatic carbocycles. The number of aromatic nitrogens is 2. The van der Waals surface area contributed by atoms with Crippen LogP contribution in [-0.2, 0) is 6.54 Å². The minimum atomic E-state index is 0.279. The van der Waals surface area contributed by atoms with Crippen molar-refractivity contribution in [2.45, 2.75) is 44.7 Å². The molecule has 2 aliphatic rings. The maximum Gasteiger partial charge on any atom is 0.231 e. The van der Waals surface area contributed by atoms with E-state index in [1.807, 2.05) is 12.1 Å². The molecule has 1 fully saturated rings. The molecule has 6 nitrogen and oxygen atoms in total. The lowest BCUT2D eigenvalue weighted by molar-refractivity contribution is 0.174. The van der Waals surface area contributed by atoms with E-state index in [0.717, 1.165) is 35.7 Å². The van der Waals surface area contributed by atoms with Crippen LogP contribution in [0, 0.1) is 11.3 Å². The zero-order chi connectivity index (χ0) is 17.1. The van der Waals surface area contributed by atoms with Gasteiger partial charge in [0, 0.05) is 12.6 Å². The van der Waals surface area contributed by atoms with E-state index < -0.39 is 0 Å². The van der Waals surface area contributed by atoms with E-state index in [9.17, 15) is 0 Å². The summed E-state index contributed by atoms with van der Waals surface area (Å²) in [6.45, 7) is 0.992. The third-order valence-electron chi connectivity index (χ3n) is 4.84. The lowest BCUT2D eigenvalue weighted by atomic mass is 9.94. The quantitative estimate of drug-likeness (QED) is 0.852. The molecular formula is C19H20N4O2. The Morgan fingerprint density at radius 3 is 2.80 bits per heavy atom. The van der Waals surface area contributed by atoms with E-state index in [0.29, 0.717) is 18.3 Å². The number of nitriles is 1. The fourth-order valence-corrected chi connectivity index (χ4v) is 3.57. The lowest BCUT2D eigenvalue weighted by Gasteiger charge is -2.35. The van der Waals surface area contributed by atoms with Gasteiger partial charge < -0.3 is 14.4 Å². The van der Waals surface area contributed by atoms with Crippen LogP contribution in [0.1, 0.15) is 43.4 Å². The molecule has 2 heterocycles. The first-order valence-electron chi connectivity index (χ1n) is 8.71.